The van der Waals surface area contributed by atoms with E-state index in [1.807, 2.05) is 0 Å². The fraction of sp³-hybridized carbons (Fsp3) is 0.917. The largest absolute Gasteiger partial charge is 0.374 e. The molecule has 3 unspecified atom stereocenters. The van der Waals surface area contributed by atoms with Gasteiger partial charge in [-0.2, -0.15) is 0 Å². The number of ketones is 1. The van der Waals surface area contributed by atoms with Crippen molar-refractivity contribution < 1.29 is 9.53 Å². The smallest absolute Gasteiger partial charge is 0.138 e. The summed E-state index contributed by atoms with van der Waals surface area (Å²) in [5, 5.41) is 0. The minimum absolute atomic E-state index is 0.247. The Balaban J connectivity index is 1.93. The molecule has 2 rings (SSSR count). The highest BCUT2D eigenvalue weighted by Gasteiger charge is 2.37. The molecule has 1 aliphatic heterocycles. The van der Waals surface area contributed by atoms with Crippen LogP contribution in [0.3, 0.4) is 0 Å². The zero-order valence-corrected chi connectivity index (χ0v) is 9.00. The average molecular weight is 196 g/mol. The molecule has 1 heterocycles. The third-order valence-corrected chi connectivity index (χ3v) is 3.55. The second-order valence-corrected chi connectivity index (χ2v) is 4.63. The van der Waals surface area contributed by atoms with Gasteiger partial charge in [-0.15, -0.1) is 0 Å². The van der Waals surface area contributed by atoms with E-state index >= 15 is 0 Å². The molecule has 2 heteroatoms. The highest BCUT2D eigenvalue weighted by Crippen LogP contribution is 2.34. The highest BCUT2D eigenvalue weighted by atomic mass is 16.5. The third-order valence-electron chi connectivity index (χ3n) is 3.55. The van der Waals surface area contributed by atoms with E-state index in [9.17, 15) is 4.79 Å². The molecule has 1 aliphatic carbocycles. The van der Waals surface area contributed by atoms with Gasteiger partial charge in [-0.1, -0.05) is 13.3 Å². The van der Waals surface area contributed by atoms with Crippen molar-refractivity contribution >= 4 is 5.78 Å². The van der Waals surface area contributed by atoms with Crippen LogP contribution >= 0.6 is 0 Å². The van der Waals surface area contributed by atoms with Crippen LogP contribution in [0.1, 0.15) is 51.9 Å². The molecule has 2 fully saturated rings. The van der Waals surface area contributed by atoms with Crippen LogP contribution in [0, 0.1) is 5.92 Å². The first-order valence-corrected chi connectivity index (χ1v) is 5.99. The van der Waals surface area contributed by atoms with E-state index in [0.29, 0.717) is 11.9 Å². The summed E-state index contributed by atoms with van der Waals surface area (Å²) in [6, 6.07) is 0. The topological polar surface area (TPSA) is 26.3 Å². The van der Waals surface area contributed by atoms with Gasteiger partial charge in [0.25, 0.3) is 0 Å². The van der Waals surface area contributed by atoms with Crippen LogP contribution in [0.25, 0.3) is 0 Å². The van der Waals surface area contributed by atoms with Gasteiger partial charge < -0.3 is 4.74 Å². The lowest BCUT2D eigenvalue weighted by molar-refractivity contribution is -0.145. The van der Waals surface area contributed by atoms with Crippen LogP contribution < -0.4 is 0 Å². The Morgan fingerprint density at radius 2 is 2.21 bits per heavy atom. The maximum absolute atomic E-state index is 11.6. The Hall–Kier alpha value is -0.370. The second-order valence-electron chi connectivity index (χ2n) is 4.63. The van der Waals surface area contributed by atoms with Gasteiger partial charge in [0, 0.05) is 12.3 Å². The number of hydrogen-bond donors (Lipinski definition) is 0. The lowest BCUT2D eigenvalue weighted by Gasteiger charge is -2.38. The summed E-state index contributed by atoms with van der Waals surface area (Å²) >= 11 is 0. The molecule has 80 valence electrons. The van der Waals surface area contributed by atoms with Crippen LogP contribution in [0.15, 0.2) is 0 Å². The summed E-state index contributed by atoms with van der Waals surface area (Å²) in [4.78, 5) is 11.6. The van der Waals surface area contributed by atoms with Crippen molar-refractivity contribution in [3.8, 4) is 0 Å². The molecular weight excluding hydrogens is 176 g/mol. The Labute approximate surface area is 86.0 Å². The first-order valence-electron chi connectivity index (χ1n) is 5.99. The summed E-state index contributed by atoms with van der Waals surface area (Å²) in [5.74, 6) is 0.702. The van der Waals surface area contributed by atoms with Crippen LogP contribution in [0.2, 0.25) is 0 Å². The summed E-state index contributed by atoms with van der Waals surface area (Å²) in [5.41, 5.74) is 0. The average Bonchev–Trinajstić information content (AvgIpc) is 2.18. The molecule has 0 bridgehead atoms. The minimum Gasteiger partial charge on any atom is -0.374 e. The maximum atomic E-state index is 11.6. The van der Waals surface area contributed by atoms with Crippen LogP contribution in [0.4, 0.5) is 0 Å². The summed E-state index contributed by atoms with van der Waals surface area (Å²) < 4.78 is 5.98. The molecule has 1 saturated carbocycles. The molecule has 14 heavy (non-hydrogen) atoms. The summed E-state index contributed by atoms with van der Waals surface area (Å²) in [6.07, 6.45) is 8.18. The Morgan fingerprint density at radius 1 is 1.36 bits per heavy atom. The van der Waals surface area contributed by atoms with E-state index in [0.717, 1.165) is 38.5 Å². The van der Waals surface area contributed by atoms with E-state index < -0.39 is 0 Å². The van der Waals surface area contributed by atoms with E-state index in [2.05, 4.69) is 6.92 Å². The van der Waals surface area contributed by atoms with Crippen LogP contribution in [0.5, 0.6) is 0 Å². The molecule has 0 aromatic carbocycles. The number of carbonyl (C=O) groups excluding carboxylic acids is 1. The van der Waals surface area contributed by atoms with Gasteiger partial charge in [-0.3, -0.25) is 4.79 Å². The van der Waals surface area contributed by atoms with E-state index in [-0.39, 0.29) is 12.0 Å². The van der Waals surface area contributed by atoms with Gasteiger partial charge in [-0.05, 0) is 32.1 Å². The van der Waals surface area contributed by atoms with Crippen molar-refractivity contribution in [3.63, 3.8) is 0 Å². The molecule has 0 spiro atoms. The molecule has 1 saturated heterocycles. The predicted octanol–water partition coefficient (Wildman–Crippen LogP) is 2.70. The highest BCUT2D eigenvalue weighted by molar-refractivity contribution is 5.82. The van der Waals surface area contributed by atoms with Gasteiger partial charge in [-0.25, -0.2) is 0 Å². The SMILES string of the molecule is CCCC1CCC2C(=O)CCCC2O1. The number of Topliss-reactive ketones (excluding diaryl/α,β-unsaturated/α-hetero) is 1. The lowest BCUT2D eigenvalue weighted by atomic mass is 9.79. The lowest BCUT2D eigenvalue weighted by Crippen LogP contribution is -2.41. The molecule has 2 aliphatic rings. The molecule has 2 nitrogen and oxygen atoms in total. The van der Waals surface area contributed by atoms with Crippen LogP contribution in [-0.2, 0) is 9.53 Å². The molecule has 0 amide bonds. The predicted molar refractivity (Wildman–Crippen MR) is 55.2 cm³/mol. The standard InChI is InChI=1S/C12H20O2/c1-2-4-9-7-8-10-11(13)5-3-6-12(10)14-9/h9-10,12H,2-8H2,1H3. The van der Waals surface area contributed by atoms with Crippen molar-refractivity contribution in [2.45, 2.75) is 64.1 Å². The zero-order valence-electron chi connectivity index (χ0n) is 9.00. The zero-order chi connectivity index (χ0) is 9.97. The number of ether oxygens (including phenoxy) is 1. The fourth-order valence-corrected chi connectivity index (χ4v) is 2.80. The summed E-state index contributed by atoms with van der Waals surface area (Å²) in [6.45, 7) is 2.20. The molecule has 0 N–H and O–H groups in total. The summed E-state index contributed by atoms with van der Waals surface area (Å²) in [7, 11) is 0. The Kier molecular flexibility index (Phi) is 3.22. The van der Waals surface area contributed by atoms with Crippen molar-refractivity contribution in [3.05, 3.63) is 0 Å². The van der Waals surface area contributed by atoms with Gasteiger partial charge in [0.15, 0.2) is 0 Å². The first kappa shape index (κ1) is 10.2. The van der Waals surface area contributed by atoms with Crippen molar-refractivity contribution in [1.82, 2.24) is 0 Å². The normalized spacial score (nSPS) is 38.1. The first-order chi connectivity index (χ1) is 6.81. The van der Waals surface area contributed by atoms with Crippen molar-refractivity contribution in [2.24, 2.45) is 5.92 Å². The minimum atomic E-state index is 0.247. The van der Waals surface area contributed by atoms with Gasteiger partial charge in [0.1, 0.15) is 5.78 Å². The van der Waals surface area contributed by atoms with E-state index in [1.165, 1.54) is 6.42 Å². The number of fused-ring (bicyclic) bond motifs is 1. The van der Waals surface area contributed by atoms with Crippen LogP contribution in [-0.4, -0.2) is 18.0 Å². The Morgan fingerprint density at radius 3 is 3.00 bits per heavy atom. The molecule has 3 atom stereocenters. The number of hydrogen-bond acceptors (Lipinski definition) is 2. The van der Waals surface area contributed by atoms with Gasteiger partial charge in [0.2, 0.25) is 0 Å². The Bertz CT molecular complexity index is 212. The van der Waals surface area contributed by atoms with E-state index in [4.69, 9.17) is 4.74 Å². The van der Waals surface area contributed by atoms with Crippen molar-refractivity contribution in [2.75, 3.05) is 0 Å². The monoisotopic (exact) mass is 196 g/mol. The fourth-order valence-electron chi connectivity index (χ4n) is 2.80. The molecule has 0 aromatic heterocycles. The second kappa shape index (κ2) is 4.43. The number of carbonyl (C=O) groups is 1. The molecule has 0 aromatic rings. The molecule has 0 radical (unpaired) electrons. The number of rotatable bonds is 2. The van der Waals surface area contributed by atoms with E-state index in [1.54, 1.807) is 0 Å². The molecular formula is C12H20O2. The quantitative estimate of drug-likeness (QED) is 0.678. The maximum Gasteiger partial charge on any atom is 0.138 e. The van der Waals surface area contributed by atoms with Gasteiger partial charge >= 0.3 is 0 Å². The van der Waals surface area contributed by atoms with Gasteiger partial charge in [0.05, 0.1) is 12.2 Å². The van der Waals surface area contributed by atoms with Crippen molar-refractivity contribution in [1.29, 1.82) is 0 Å². The third kappa shape index (κ3) is 2.00.